The van der Waals surface area contributed by atoms with Gasteiger partial charge in [-0.3, -0.25) is 4.79 Å². The minimum absolute atomic E-state index is 0.163. The zero-order valence-electron chi connectivity index (χ0n) is 16.5. The molecule has 0 aliphatic rings. The van der Waals surface area contributed by atoms with Crippen LogP contribution in [-0.2, 0) is 6.54 Å². The number of aryl methyl sites for hydroxylation is 1. The lowest BCUT2D eigenvalue weighted by Gasteiger charge is -2.07. The third kappa shape index (κ3) is 3.83. The number of carbonyl (C=O) groups is 1. The molecule has 0 aliphatic carbocycles. The Morgan fingerprint density at radius 3 is 2.84 bits per heavy atom. The highest BCUT2D eigenvalue weighted by Gasteiger charge is 2.18. The van der Waals surface area contributed by atoms with Crippen LogP contribution in [0.5, 0.6) is 0 Å². The van der Waals surface area contributed by atoms with Crippen LogP contribution in [-0.4, -0.2) is 30.5 Å². The quantitative estimate of drug-likeness (QED) is 0.413. The molecule has 9 heteroatoms. The smallest absolute Gasteiger partial charge is 0.265 e. The zero-order chi connectivity index (χ0) is 21.4. The normalized spacial score (nSPS) is 11.2. The third-order valence-electron chi connectivity index (χ3n) is 4.85. The Hall–Kier alpha value is -3.49. The molecule has 2 aromatic carbocycles. The number of nitrogens with one attached hydrogen (secondary N) is 1. The summed E-state index contributed by atoms with van der Waals surface area (Å²) in [6.07, 6.45) is 3.16. The molecule has 5 aromatic rings. The number of aromatic nitrogens is 5. The number of para-hydroxylation sites is 1. The van der Waals surface area contributed by atoms with E-state index in [0.717, 1.165) is 32.8 Å². The minimum Gasteiger partial charge on any atom is -0.321 e. The first-order chi connectivity index (χ1) is 15.1. The SMILES string of the molecule is Cc1nn(-c2ccccc2Cl)c2sc(C(=O)Nc3cccc(Cn4cncn4)c3)cc12. The van der Waals surface area contributed by atoms with Crippen LogP contribution >= 0.6 is 22.9 Å². The number of halogens is 1. The maximum absolute atomic E-state index is 13.0. The van der Waals surface area contributed by atoms with Crippen molar-refractivity contribution in [2.75, 3.05) is 5.32 Å². The summed E-state index contributed by atoms with van der Waals surface area (Å²) in [6.45, 7) is 2.51. The van der Waals surface area contributed by atoms with Crippen LogP contribution < -0.4 is 5.32 Å². The van der Waals surface area contributed by atoms with E-state index >= 15 is 0 Å². The molecule has 0 fully saturated rings. The summed E-state index contributed by atoms with van der Waals surface area (Å²) in [6, 6.07) is 17.1. The Kier molecular flexibility index (Phi) is 5.01. The number of anilines is 1. The fourth-order valence-electron chi connectivity index (χ4n) is 3.39. The van der Waals surface area contributed by atoms with E-state index in [0.29, 0.717) is 16.4 Å². The number of nitrogens with zero attached hydrogens (tertiary/aromatic N) is 5. The largest absolute Gasteiger partial charge is 0.321 e. The number of amides is 1. The van der Waals surface area contributed by atoms with Gasteiger partial charge >= 0.3 is 0 Å². The number of fused-ring (bicyclic) bond motifs is 1. The standard InChI is InChI=1S/C22H17ClN6OS/c1-14-17-10-20(31-22(17)29(27-14)19-8-3-2-7-18(19)23)21(30)26-16-6-4-5-15(9-16)11-28-13-24-12-25-28/h2-10,12-13H,11H2,1H3,(H,26,30). The van der Waals surface area contributed by atoms with Crippen molar-refractivity contribution in [1.82, 2.24) is 24.5 Å². The summed E-state index contributed by atoms with van der Waals surface area (Å²) in [5.41, 5.74) is 3.38. The van der Waals surface area contributed by atoms with Gasteiger partial charge in [0.15, 0.2) is 0 Å². The predicted octanol–water partition coefficient (Wildman–Crippen LogP) is 4.94. The fraction of sp³-hybridized carbons (Fsp3) is 0.0909. The van der Waals surface area contributed by atoms with Crippen molar-refractivity contribution < 1.29 is 4.79 Å². The van der Waals surface area contributed by atoms with Gasteiger partial charge in [-0.05, 0) is 42.8 Å². The Bertz CT molecular complexity index is 1390. The zero-order valence-corrected chi connectivity index (χ0v) is 18.1. The van der Waals surface area contributed by atoms with E-state index in [-0.39, 0.29) is 5.91 Å². The topological polar surface area (TPSA) is 77.6 Å². The van der Waals surface area contributed by atoms with Crippen LogP contribution in [0.4, 0.5) is 5.69 Å². The molecule has 0 saturated carbocycles. The van der Waals surface area contributed by atoms with E-state index in [1.54, 1.807) is 15.7 Å². The average molecular weight is 449 g/mol. The van der Waals surface area contributed by atoms with E-state index in [2.05, 4.69) is 20.5 Å². The van der Waals surface area contributed by atoms with E-state index in [4.69, 9.17) is 11.6 Å². The van der Waals surface area contributed by atoms with Crippen molar-refractivity contribution in [3.63, 3.8) is 0 Å². The maximum atomic E-state index is 13.0. The van der Waals surface area contributed by atoms with Gasteiger partial charge in [0.2, 0.25) is 0 Å². The van der Waals surface area contributed by atoms with Gasteiger partial charge in [-0.1, -0.05) is 35.9 Å². The van der Waals surface area contributed by atoms with Gasteiger partial charge in [0.1, 0.15) is 17.5 Å². The van der Waals surface area contributed by atoms with E-state index in [1.165, 1.54) is 17.7 Å². The fourth-order valence-corrected chi connectivity index (χ4v) is 4.67. The summed E-state index contributed by atoms with van der Waals surface area (Å²) >= 11 is 7.76. The Morgan fingerprint density at radius 1 is 1.16 bits per heavy atom. The predicted molar refractivity (Wildman–Crippen MR) is 122 cm³/mol. The highest BCUT2D eigenvalue weighted by atomic mass is 35.5. The van der Waals surface area contributed by atoms with Gasteiger partial charge in [-0.2, -0.15) is 10.2 Å². The molecule has 1 N–H and O–H groups in total. The van der Waals surface area contributed by atoms with Gasteiger partial charge in [0, 0.05) is 11.1 Å². The molecular weight excluding hydrogens is 432 g/mol. The first-order valence-electron chi connectivity index (χ1n) is 9.55. The van der Waals surface area contributed by atoms with Gasteiger partial charge < -0.3 is 5.32 Å². The Labute approximate surface area is 186 Å². The van der Waals surface area contributed by atoms with Crippen molar-refractivity contribution in [2.45, 2.75) is 13.5 Å². The van der Waals surface area contributed by atoms with Crippen LogP contribution in [0.25, 0.3) is 15.9 Å². The Morgan fingerprint density at radius 2 is 2.03 bits per heavy atom. The van der Waals surface area contributed by atoms with Gasteiger partial charge in [0.25, 0.3) is 5.91 Å². The van der Waals surface area contributed by atoms with Crippen molar-refractivity contribution in [2.24, 2.45) is 0 Å². The summed E-state index contributed by atoms with van der Waals surface area (Å²) < 4.78 is 3.53. The molecule has 0 unspecified atom stereocenters. The van der Waals surface area contributed by atoms with E-state index < -0.39 is 0 Å². The van der Waals surface area contributed by atoms with Crippen LogP contribution in [0.15, 0.2) is 67.3 Å². The van der Waals surface area contributed by atoms with Gasteiger partial charge in [-0.25, -0.2) is 14.3 Å². The van der Waals surface area contributed by atoms with Crippen molar-refractivity contribution in [3.05, 3.63) is 88.4 Å². The van der Waals surface area contributed by atoms with Crippen molar-refractivity contribution in [1.29, 1.82) is 0 Å². The number of thiophene rings is 1. The summed E-state index contributed by atoms with van der Waals surface area (Å²) in [4.78, 5) is 18.4. The molecule has 31 heavy (non-hydrogen) atoms. The van der Waals surface area contributed by atoms with E-state index in [9.17, 15) is 4.79 Å². The molecule has 0 spiro atoms. The highest BCUT2D eigenvalue weighted by molar-refractivity contribution is 7.20. The minimum atomic E-state index is -0.163. The van der Waals surface area contributed by atoms with Gasteiger partial charge in [0.05, 0.1) is 27.8 Å². The molecule has 0 bridgehead atoms. The molecule has 7 nitrogen and oxygen atoms in total. The van der Waals surface area contributed by atoms with Crippen LogP contribution in [0.1, 0.15) is 20.9 Å². The number of hydrogen-bond donors (Lipinski definition) is 1. The third-order valence-corrected chi connectivity index (χ3v) is 6.27. The second kappa shape index (κ2) is 7.98. The number of carbonyl (C=O) groups excluding carboxylic acids is 1. The molecule has 1 amide bonds. The second-order valence-electron chi connectivity index (χ2n) is 7.03. The molecule has 5 rings (SSSR count). The lowest BCUT2D eigenvalue weighted by Crippen LogP contribution is -2.10. The van der Waals surface area contributed by atoms with Crippen LogP contribution in [0, 0.1) is 6.92 Å². The highest BCUT2D eigenvalue weighted by Crippen LogP contribution is 2.32. The number of hydrogen-bond acceptors (Lipinski definition) is 5. The van der Waals surface area contributed by atoms with E-state index in [1.807, 2.05) is 61.5 Å². The lowest BCUT2D eigenvalue weighted by molar-refractivity contribution is 0.103. The maximum Gasteiger partial charge on any atom is 0.265 e. The first-order valence-corrected chi connectivity index (χ1v) is 10.7. The average Bonchev–Trinajstić information content (AvgIpc) is 3.48. The van der Waals surface area contributed by atoms with Crippen LogP contribution in [0.2, 0.25) is 5.02 Å². The monoisotopic (exact) mass is 448 g/mol. The summed E-state index contributed by atoms with van der Waals surface area (Å²) in [5.74, 6) is -0.163. The first kappa shape index (κ1) is 19.5. The summed E-state index contributed by atoms with van der Waals surface area (Å²) in [7, 11) is 0. The number of rotatable bonds is 5. The molecule has 3 heterocycles. The molecule has 0 aliphatic heterocycles. The Balaban J connectivity index is 1.42. The molecule has 0 atom stereocenters. The van der Waals surface area contributed by atoms with Gasteiger partial charge in [-0.15, -0.1) is 11.3 Å². The molecule has 0 saturated heterocycles. The molecule has 154 valence electrons. The van der Waals surface area contributed by atoms with Crippen LogP contribution in [0.3, 0.4) is 0 Å². The lowest BCUT2D eigenvalue weighted by atomic mass is 10.2. The molecular formula is C22H17ClN6OS. The molecule has 0 radical (unpaired) electrons. The number of benzene rings is 2. The van der Waals surface area contributed by atoms with Crippen molar-refractivity contribution in [3.8, 4) is 5.69 Å². The summed E-state index contributed by atoms with van der Waals surface area (Å²) in [5, 5.41) is 13.3. The second-order valence-corrected chi connectivity index (χ2v) is 8.46. The van der Waals surface area contributed by atoms with Crippen molar-refractivity contribution >= 4 is 44.7 Å². The molecule has 3 aromatic heterocycles.